The summed E-state index contributed by atoms with van der Waals surface area (Å²) in [4.78, 5) is 26.9. The van der Waals surface area contributed by atoms with Gasteiger partial charge in [-0.15, -0.1) is 0 Å². The molecule has 2 aliphatic rings. The van der Waals surface area contributed by atoms with Crippen molar-refractivity contribution in [3.63, 3.8) is 0 Å². The first-order valence-corrected chi connectivity index (χ1v) is 7.12. The monoisotopic (exact) mass is 293 g/mol. The van der Waals surface area contributed by atoms with Crippen molar-refractivity contribution in [2.45, 2.75) is 12.6 Å². The Bertz CT molecular complexity index is 830. The number of nitrogens with zero attached hydrogens (tertiary/aromatic N) is 1. The number of carbonyl (C=O) groups excluding carboxylic acids is 2. The largest absolute Gasteiger partial charge is 0.350 e. The third kappa shape index (κ3) is 1.43. The molecule has 0 aromatic heterocycles. The van der Waals surface area contributed by atoms with Gasteiger partial charge in [-0.25, -0.2) is 0 Å². The summed E-state index contributed by atoms with van der Waals surface area (Å²) in [5.41, 5.74) is 2.62. The average molecular weight is 293 g/mol. The van der Waals surface area contributed by atoms with Crippen LogP contribution in [0.3, 0.4) is 0 Å². The van der Waals surface area contributed by atoms with E-state index in [-0.39, 0.29) is 11.8 Å². The minimum atomic E-state index is -1.19. The zero-order valence-electron chi connectivity index (χ0n) is 12.3. The van der Waals surface area contributed by atoms with Gasteiger partial charge in [0, 0.05) is 24.0 Å². The second kappa shape index (κ2) is 4.10. The van der Waals surface area contributed by atoms with Crippen LogP contribution in [0.2, 0.25) is 0 Å². The molecule has 0 saturated carbocycles. The van der Waals surface area contributed by atoms with Crippen molar-refractivity contribution in [1.29, 1.82) is 0 Å². The molecule has 1 unspecified atom stereocenters. The van der Waals surface area contributed by atoms with Crippen LogP contribution in [0.1, 0.15) is 21.5 Å². The highest BCUT2D eigenvalue weighted by Gasteiger charge is 2.54. The average Bonchev–Trinajstić information content (AvgIpc) is 2.78. The number of anilines is 2. The van der Waals surface area contributed by atoms with Crippen LogP contribution in [0.15, 0.2) is 42.5 Å². The maximum Gasteiger partial charge on any atom is 0.276 e. The molecule has 4 rings (SSSR count). The number of carbonyl (C=O) groups is 2. The number of amides is 2. The van der Waals surface area contributed by atoms with Crippen molar-refractivity contribution < 1.29 is 9.59 Å². The van der Waals surface area contributed by atoms with Crippen LogP contribution >= 0.6 is 0 Å². The van der Waals surface area contributed by atoms with Gasteiger partial charge in [0.25, 0.3) is 11.8 Å². The second-order valence-electron chi connectivity index (χ2n) is 5.75. The highest BCUT2D eigenvalue weighted by Crippen LogP contribution is 2.44. The Morgan fingerprint density at radius 1 is 1.05 bits per heavy atom. The maximum absolute atomic E-state index is 12.7. The van der Waals surface area contributed by atoms with Crippen LogP contribution in [0.4, 0.5) is 11.4 Å². The lowest BCUT2D eigenvalue weighted by atomic mass is 9.93. The van der Waals surface area contributed by atoms with E-state index >= 15 is 0 Å². The molecule has 2 aliphatic heterocycles. The van der Waals surface area contributed by atoms with Gasteiger partial charge in [0.1, 0.15) is 0 Å². The minimum Gasteiger partial charge on any atom is -0.350 e. The lowest BCUT2D eigenvalue weighted by molar-refractivity contribution is -0.124. The number of hydrogen-bond donors (Lipinski definition) is 2. The van der Waals surface area contributed by atoms with E-state index in [1.807, 2.05) is 43.3 Å². The second-order valence-corrected chi connectivity index (χ2v) is 5.75. The molecule has 2 amide bonds. The number of fused-ring (bicyclic) bond motifs is 3. The zero-order valence-corrected chi connectivity index (χ0v) is 12.3. The minimum absolute atomic E-state index is 0.168. The molecule has 0 bridgehead atoms. The van der Waals surface area contributed by atoms with Crippen LogP contribution in [0.5, 0.6) is 0 Å². The van der Waals surface area contributed by atoms with E-state index in [1.54, 1.807) is 13.1 Å². The van der Waals surface area contributed by atoms with Gasteiger partial charge in [0.15, 0.2) is 0 Å². The normalized spacial score (nSPS) is 22.2. The van der Waals surface area contributed by atoms with Crippen molar-refractivity contribution in [3.8, 4) is 0 Å². The summed E-state index contributed by atoms with van der Waals surface area (Å²) in [6.07, 6.45) is 0. The van der Waals surface area contributed by atoms with Gasteiger partial charge < -0.3 is 15.5 Å². The molecule has 0 aliphatic carbocycles. The van der Waals surface area contributed by atoms with Gasteiger partial charge >= 0.3 is 0 Å². The molecule has 0 fully saturated rings. The third-order valence-electron chi connectivity index (χ3n) is 4.42. The summed E-state index contributed by atoms with van der Waals surface area (Å²) >= 11 is 0. The molecule has 5 heteroatoms. The fourth-order valence-electron chi connectivity index (χ4n) is 3.25. The molecule has 1 spiro atoms. The Kier molecular flexibility index (Phi) is 2.40. The summed E-state index contributed by atoms with van der Waals surface area (Å²) in [6, 6.07) is 13.0. The number of aryl methyl sites for hydroxylation is 1. The number of para-hydroxylation sites is 1. The number of likely N-dealkylation sites (N-methyl/N-ethyl adjacent to an activating group) is 1. The molecule has 110 valence electrons. The first-order chi connectivity index (χ1) is 10.5. The van der Waals surface area contributed by atoms with E-state index in [4.69, 9.17) is 0 Å². The Labute approximate surface area is 127 Å². The Balaban J connectivity index is 1.98. The van der Waals surface area contributed by atoms with E-state index in [2.05, 4.69) is 10.6 Å². The molecule has 2 N–H and O–H groups in total. The van der Waals surface area contributed by atoms with Crippen LogP contribution < -0.4 is 10.6 Å². The zero-order chi connectivity index (χ0) is 15.5. The molecule has 2 heterocycles. The predicted octanol–water partition coefficient (Wildman–Crippen LogP) is 2.30. The van der Waals surface area contributed by atoms with Gasteiger partial charge in [0.05, 0.1) is 5.56 Å². The molecule has 2 aromatic rings. The molecule has 0 saturated heterocycles. The van der Waals surface area contributed by atoms with E-state index in [0.29, 0.717) is 11.3 Å². The Morgan fingerprint density at radius 2 is 1.82 bits per heavy atom. The number of nitrogens with one attached hydrogen (secondary N) is 2. The SMILES string of the molecule is Cc1ccc2c(c1)C1(Nc3ccccc3C(=O)N1C)C(=O)N2. The standard InChI is InChI=1S/C17H15N3O2/c1-10-7-8-14-12(9-10)17(16(22)18-14)19-13-6-4-3-5-11(13)15(21)20(17)2/h3-9,19H,1-2H3,(H,18,22). The van der Waals surface area contributed by atoms with Gasteiger partial charge in [-0.1, -0.05) is 23.8 Å². The van der Waals surface area contributed by atoms with Crippen molar-refractivity contribution in [3.05, 3.63) is 59.2 Å². The van der Waals surface area contributed by atoms with E-state index in [1.165, 1.54) is 4.90 Å². The Hall–Kier alpha value is -2.82. The molecular weight excluding hydrogens is 278 g/mol. The Morgan fingerprint density at radius 3 is 2.64 bits per heavy atom. The van der Waals surface area contributed by atoms with Gasteiger partial charge in [-0.2, -0.15) is 0 Å². The number of hydrogen-bond acceptors (Lipinski definition) is 3. The molecule has 5 nitrogen and oxygen atoms in total. The topological polar surface area (TPSA) is 61.4 Å². The van der Waals surface area contributed by atoms with Gasteiger partial charge in [-0.05, 0) is 31.2 Å². The van der Waals surface area contributed by atoms with Crippen LogP contribution in [-0.4, -0.2) is 23.8 Å². The summed E-state index contributed by atoms with van der Waals surface area (Å²) < 4.78 is 0. The lowest BCUT2D eigenvalue weighted by Gasteiger charge is -2.42. The van der Waals surface area contributed by atoms with E-state index in [0.717, 1.165) is 16.8 Å². The third-order valence-corrected chi connectivity index (χ3v) is 4.42. The molecule has 1 atom stereocenters. The van der Waals surface area contributed by atoms with E-state index in [9.17, 15) is 9.59 Å². The first kappa shape index (κ1) is 12.9. The fourth-order valence-corrected chi connectivity index (χ4v) is 3.25. The number of benzene rings is 2. The predicted molar refractivity (Wildman–Crippen MR) is 83.6 cm³/mol. The van der Waals surface area contributed by atoms with Gasteiger partial charge in [0.2, 0.25) is 5.66 Å². The van der Waals surface area contributed by atoms with Crippen LogP contribution in [-0.2, 0) is 10.5 Å². The van der Waals surface area contributed by atoms with Crippen molar-refractivity contribution in [2.24, 2.45) is 0 Å². The quantitative estimate of drug-likeness (QED) is 0.783. The molecular formula is C17H15N3O2. The van der Waals surface area contributed by atoms with Gasteiger partial charge in [-0.3, -0.25) is 9.59 Å². The summed E-state index contributed by atoms with van der Waals surface area (Å²) in [5.74, 6) is -0.405. The smallest absolute Gasteiger partial charge is 0.276 e. The summed E-state index contributed by atoms with van der Waals surface area (Å²) in [5, 5.41) is 6.15. The highest BCUT2D eigenvalue weighted by molar-refractivity contribution is 6.14. The molecule has 2 aromatic carbocycles. The lowest BCUT2D eigenvalue weighted by Crippen LogP contribution is -2.59. The van der Waals surface area contributed by atoms with Crippen molar-refractivity contribution in [1.82, 2.24) is 4.90 Å². The number of rotatable bonds is 0. The van der Waals surface area contributed by atoms with E-state index < -0.39 is 5.66 Å². The van der Waals surface area contributed by atoms with Crippen LogP contribution in [0.25, 0.3) is 0 Å². The van der Waals surface area contributed by atoms with Crippen LogP contribution in [0, 0.1) is 6.92 Å². The fraction of sp³-hybridized carbons (Fsp3) is 0.176. The highest BCUT2D eigenvalue weighted by atomic mass is 16.2. The maximum atomic E-state index is 12.7. The summed E-state index contributed by atoms with van der Waals surface area (Å²) in [6.45, 7) is 1.97. The first-order valence-electron chi connectivity index (χ1n) is 7.12. The molecule has 0 radical (unpaired) electrons. The summed E-state index contributed by atoms with van der Waals surface area (Å²) in [7, 11) is 1.66. The van der Waals surface area contributed by atoms with Crippen molar-refractivity contribution in [2.75, 3.05) is 17.7 Å². The molecule has 22 heavy (non-hydrogen) atoms. The van der Waals surface area contributed by atoms with Crippen molar-refractivity contribution >= 4 is 23.2 Å².